The number of rotatable bonds is 10. The second kappa shape index (κ2) is 12.9. The first-order valence-corrected chi connectivity index (χ1v) is 12.9. The number of nitrogens with two attached hydrogens (primary N) is 1. The second-order valence-corrected chi connectivity index (χ2v) is 9.78. The van der Waals surface area contributed by atoms with Gasteiger partial charge in [0.1, 0.15) is 42.8 Å². The molecule has 1 aromatic carbocycles. The first-order valence-electron chi connectivity index (χ1n) is 12.9. The number of esters is 2. The molecule has 1 saturated heterocycles. The van der Waals surface area contributed by atoms with Crippen LogP contribution in [0.5, 0.6) is 0 Å². The summed E-state index contributed by atoms with van der Waals surface area (Å²) in [5.74, 6) is -1.78. The van der Waals surface area contributed by atoms with Crippen molar-refractivity contribution in [3.63, 3.8) is 0 Å². The molecule has 3 heterocycles. The molecule has 0 aliphatic carbocycles. The molecular weight excluding hydrogens is 552 g/mol. The van der Waals surface area contributed by atoms with Gasteiger partial charge in [-0.05, 0) is 23.6 Å². The Labute approximate surface area is 239 Å². The van der Waals surface area contributed by atoms with Crippen molar-refractivity contribution in [2.75, 3.05) is 18.7 Å². The fourth-order valence-corrected chi connectivity index (χ4v) is 4.42. The zero-order valence-electron chi connectivity index (χ0n) is 22.7. The van der Waals surface area contributed by atoms with Crippen LogP contribution in [0.4, 0.5) is 10.6 Å². The van der Waals surface area contributed by atoms with Crippen LogP contribution in [0.2, 0.25) is 0 Å². The lowest BCUT2D eigenvalue weighted by molar-refractivity contribution is -0.162. The van der Waals surface area contributed by atoms with Crippen molar-refractivity contribution >= 4 is 29.4 Å². The number of benzene rings is 1. The fourth-order valence-electron chi connectivity index (χ4n) is 4.42. The molecule has 3 aromatic rings. The number of ether oxygens (including phenoxy) is 4. The smallest absolute Gasteiger partial charge is 0.414 e. The van der Waals surface area contributed by atoms with E-state index < -0.39 is 61.4 Å². The molecule has 0 saturated carbocycles. The topological polar surface area (TPSA) is 221 Å². The molecule has 2 aromatic heterocycles. The van der Waals surface area contributed by atoms with E-state index in [1.54, 1.807) is 44.2 Å². The number of hydrogen-bond donors (Lipinski definition) is 4. The second-order valence-electron chi connectivity index (χ2n) is 9.78. The van der Waals surface area contributed by atoms with E-state index in [0.29, 0.717) is 5.56 Å². The van der Waals surface area contributed by atoms with Crippen molar-refractivity contribution in [1.29, 1.82) is 5.26 Å². The third-order valence-corrected chi connectivity index (χ3v) is 6.69. The molecular formula is C27H30N6O9. The Bertz CT molecular complexity index is 1470. The van der Waals surface area contributed by atoms with E-state index in [9.17, 15) is 24.8 Å². The number of carbonyl (C=O) groups excluding carboxylic acids is 3. The van der Waals surface area contributed by atoms with E-state index in [0.717, 1.165) is 6.33 Å². The molecule has 1 amide bonds. The number of amides is 1. The molecule has 0 spiro atoms. The average Bonchev–Trinajstić information content (AvgIpc) is 3.52. The Balaban J connectivity index is 1.65. The van der Waals surface area contributed by atoms with Crippen LogP contribution < -0.4 is 11.1 Å². The molecule has 1 aliphatic heterocycles. The molecule has 0 bridgehead atoms. The zero-order valence-corrected chi connectivity index (χ0v) is 22.7. The highest BCUT2D eigenvalue weighted by Gasteiger charge is 2.60. The Morgan fingerprint density at radius 3 is 2.62 bits per heavy atom. The number of hydrogen-bond acceptors (Lipinski definition) is 13. The van der Waals surface area contributed by atoms with Crippen LogP contribution in [0.1, 0.15) is 25.1 Å². The number of aliphatic hydroxyl groups is 2. The largest absolute Gasteiger partial charge is 0.463 e. The average molecular weight is 583 g/mol. The molecule has 5 N–H and O–H groups in total. The number of aromatic nitrogens is 3. The summed E-state index contributed by atoms with van der Waals surface area (Å²) in [6, 6.07) is 12.6. The van der Waals surface area contributed by atoms with Gasteiger partial charge in [-0.2, -0.15) is 10.4 Å². The molecule has 1 aliphatic rings. The SMILES string of the molecule is CC(C)[C@H](N)C(=O)O[C@H]1[C@@H](O)[C@](C#N)(c2ccc3c(NC(=O)OCO)ncnn23)O[C@@H]1COC(=O)Cc1ccccc1. The van der Waals surface area contributed by atoms with Gasteiger partial charge in [0.15, 0.2) is 18.7 Å². The molecule has 4 rings (SSSR count). The number of aliphatic hydroxyl groups excluding tert-OH is 2. The van der Waals surface area contributed by atoms with Crippen molar-refractivity contribution in [3.05, 3.63) is 60.0 Å². The van der Waals surface area contributed by atoms with Gasteiger partial charge in [0, 0.05) is 0 Å². The highest BCUT2D eigenvalue weighted by molar-refractivity contribution is 5.88. The fraction of sp³-hybridized carbons (Fsp3) is 0.407. The number of fused-ring (bicyclic) bond motifs is 1. The van der Waals surface area contributed by atoms with Crippen molar-refractivity contribution in [1.82, 2.24) is 14.6 Å². The Hall–Kier alpha value is -4.62. The maximum absolute atomic E-state index is 12.8. The van der Waals surface area contributed by atoms with Crippen LogP contribution in [-0.4, -0.2) is 80.6 Å². The summed E-state index contributed by atoms with van der Waals surface area (Å²) in [5.41, 5.74) is 4.67. The van der Waals surface area contributed by atoms with Crippen LogP contribution in [0.15, 0.2) is 48.8 Å². The van der Waals surface area contributed by atoms with Gasteiger partial charge < -0.3 is 34.9 Å². The van der Waals surface area contributed by atoms with Gasteiger partial charge in [-0.1, -0.05) is 44.2 Å². The first-order chi connectivity index (χ1) is 20.1. The van der Waals surface area contributed by atoms with E-state index >= 15 is 0 Å². The van der Waals surface area contributed by atoms with Gasteiger partial charge in [-0.3, -0.25) is 14.9 Å². The third-order valence-electron chi connectivity index (χ3n) is 6.69. The van der Waals surface area contributed by atoms with E-state index in [2.05, 4.69) is 20.1 Å². The van der Waals surface area contributed by atoms with Gasteiger partial charge in [0.05, 0.1) is 12.1 Å². The van der Waals surface area contributed by atoms with E-state index in [1.165, 1.54) is 16.6 Å². The van der Waals surface area contributed by atoms with Crippen LogP contribution in [0.25, 0.3) is 5.52 Å². The summed E-state index contributed by atoms with van der Waals surface area (Å²) in [5, 5.41) is 37.1. The number of nitrogens with zero attached hydrogens (tertiary/aromatic N) is 4. The summed E-state index contributed by atoms with van der Waals surface area (Å²) >= 11 is 0. The quantitative estimate of drug-likeness (QED) is 0.144. The highest BCUT2D eigenvalue weighted by atomic mass is 16.6. The standard InChI is InChI=1S/C27H30N6O9/c1-15(2)21(29)25(37)41-22-18(11-39-20(35)10-16-6-4-3-5-7-16)42-27(12-28,23(22)36)19-9-8-17-24(30-13-31-33(17)19)32-26(38)40-14-34/h3-9,13,15,18,21-23,34,36H,10-11,14,29H2,1-2H3,(H,30,31,32,38)/t18-,21+,22-,23-,27+/m1/s1. The maximum Gasteiger partial charge on any atom is 0.414 e. The monoisotopic (exact) mass is 582 g/mol. The minimum atomic E-state index is -2.17. The van der Waals surface area contributed by atoms with Gasteiger partial charge in [-0.15, -0.1) is 0 Å². The normalized spacial score (nSPS) is 22.4. The van der Waals surface area contributed by atoms with Crippen LogP contribution >= 0.6 is 0 Å². The lowest BCUT2D eigenvalue weighted by Gasteiger charge is -2.25. The number of anilines is 1. The predicted octanol–water partition coefficient (Wildman–Crippen LogP) is 0.387. The summed E-state index contributed by atoms with van der Waals surface area (Å²) < 4.78 is 22.7. The number of carbonyl (C=O) groups is 3. The molecule has 222 valence electrons. The predicted molar refractivity (Wildman–Crippen MR) is 142 cm³/mol. The van der Waals surface area contributed by atoms with Gasteiger partial charge in [-0.25, -0.2) is 14.3 Å². The van der Waals surface area contributed by atoms with Crippen LogP contribution in [0, 0.1) is 17.2 Å². The Kier molecular flexibility index (Phi) is 9.33. The van der Waals surface area contributed by atoms with E-state index in [4.69, 9.17) is 25.1 Å². The van der Waals surface area contributed by atoms with Crippen molar-refractivity contribution in [3.8, 4) is 6.07 Å². The van der Waals surface area contributed by atoms with Gasteiger partial charge >= 0.3 is 18.0 Å². The molecule has 0 unspecified atom stereocenters. The third kappa shape index (κ3) is 6.16. The van der Waals surface area contributed by atoms with E-state index in [1.807, 2.05) is 6.07 Å². The molecule has 5 atom stereocenters. The molecule has 15 heteroatoms. The first kappa shape index (κ1) is 30.3. The highest BCUT2D eigenvalue weighted by Crippen LogP contribution is 2.42. The number of nitriles is 1. The summed E-state index contributed by atoms with van der Waals surface area (Å²) in [6.45, 7) is 2.10. The maximum atomic E-state index is 12.8. The van der Waals surface area contributed by atoms with Crippen LogP contribution in [-0.2, 0) is 40.6 Å². The Morgan fingerprint density at radius 1 is 1.21 bits per heavy atom. The zero-order chi connectivity index (χ0) is 30.4. The Morgan fingerprint density at radius 2 is 1.95 bits per heavy atom. The number of nitrogens with one attached hydrogen (secondary N) is 1. The molecule has 1 fully saturated rings. The summed E-state index contributed by atoms with van der Waals surface area (Å²) in [7, 11) is 0. The van der Waals surface area contributed by atoms with Crippen molar-refractivity contribution < 1.29 is 43.5 Å². The van der Waals surface area contributed by atoms with Gasteiger partial charge in [0.25, 0.3) is 0 Å². The minimum absolute atomic E-state index is 0.000736. The van der Waals surface area contributed by atoms with Gasteiger partial charge in [0.2, 0.25) is 5.60 Å². The lowest BCUT2D eigenvalue weighted by atomic mass is 9.92. The van der Waals surface area contributed by atoms with Crippen molar-refractivity contribution in [2.45, 2.75) is 50.2 Å². The van der Waals surface area contributed by atoms with E-state index in [-0.39, 0.29) is 29.4 Å². The molecule has 0 radical (unpaired) electrons. The summed E-state index contributed by atoms with van der Waals surface area (Å²) in [6.07, 6.45) is -4.49. The minimum Gasteiger partial charge on any atom is -0.463 e. The van der Waals surface area contributed by atoms with Crippen molar-refractivity contribution in [2.24, 2.45) is 11.7 Å². The molecule has 15 nitrogen and oxygen atoms in total. The molecule has 42 heavy (non-hydrogen) atoms. The summed E-state index contributed by atoms with van der Waals surface area (Å²) in [4.78, 5) is 41.2. The van der Waals surface area contributed by atoms with Crippen LogP contribution in [0.3, 0.4) is 0 Å². The lowest BCUT2D eigenvalue weighted by Crippen LogP contribution is -2.46.